The Bertz CT molecular complexity index is 1010. The van der Waals surface area contributed by atoms with Crippen LogP contribution in [0.4, 0.5) is 10.3 Å². The van der Waals surface area contributed by atoms with Crippen LogP contribution < -0.4 is 10.2 Å². The Hall–Kier alpha value is -2.87. The van der Waals surface area contributed by atoms with E-state index in [1.807, 2.05) is 19.2 Å². The summed E-state index contributed by atoms with van der Waals surface area (Å²) in [5, 5.41) is 23.9. The number of hydrogen-bond acceptors (Lipinski definition) is 7. The van der Waals surface area contributed by atoms with E-state index >= 15 is 0 Å². The van der Waals surface area contributed by atoms with Crippen molar-refractivity contribution < 1.29 is 9.50 Å². The third-order valence-corrected chi connectivity index (χ3v) is 5.95. The van der Waals surface area contributed by atoms with Crippen LogP contribution in [0, 0.1) is 0 Å². The lowest BCUT2D eigenvalue weighted by atomic mass is 9.97. The molecular weight excluding hydrogens is 359 g/mol. The highest BCUT2D eigenvalue weighted by atomic mass is 19.1. The first-order chi connectivity index (χ1) is 13.6. The van der Waals surface area contributed by atoms with Crippen molar-refractivity contribution >= 4 is 16.7 Å². The standard InChI is InChI=1S/C20H21FN6O/c1-27(17-8-13-2-3-15(24-13)19(17)21)20-23-10-16(25-26-20)14-6-12-9-22-5-4-11(12)7-18(14)28/h4-7,9-10,13,15,17,19,24,28H,2-3,8H2,1H3/t13-,15+,17-,19+/m0/s1. The number of pyridine rings is 1. The summed E-state index contributed by atoms with van der Waals surface area (Å²) in [5.41, 5.74) is 1.00. The zero-order chi connectivity index (χ0) is 19.3. The van der Waals surface area contributed by atoms with E-state index in [-0.39, 0.29) is 17.8 Å². The molecule has 2 aliphatic rings. The Morgan fingerprint density at radius 2 is 2.07 bits per heavy atom. The summed E-state index contributed by atoms with van der Waals surface area (Å²) in [7, 11) is 1.82. The van der Waals surface area contributed by atoms with Gasteiger partial charge in [-0.05, 0) is 42.8 Å². The highest BCUT2D eigenvalue weighted by Gasteiger charge is 2.44. The first-order valence-corrected chi connectivity index (χ1v) is 9.50. The topological polar surface area (TPSA) is 87.1 Å². The van der Waals surface area contributed by atoms with Crippen LogP contribution in [0.5, 0.6) is 5.75 Å². The predicted molar refractivity (Wildman–Crippen MR) is 104 cm³/mol. The molecule has 2 aromatic heterocycles. The number of benzene rings is 1. The van der Waals surface area contributed by atoms with Gasteiger partial charge in [-0.1, -0.05) is 0 Å². The maximum atomic E-state index is 14.8. The molecule has 3 aromatic rings. The summed E-state index contributed by atoms with van der Waals surface area (Å²) in [4.78, 5) is 10.3. The molecular formula is C20H21FN6O. The van der Waals surface area contributed by atoms with Crippen molar-refractivity contribution in [3.63, 3.8) is 0 Å². The van der Waals surface area contributed by atoms with Gasteiger partial charge in [0.2, 0.25) is 5.95 Å². The number of rotatable bonds is 3. The number of phenolic OH excluding ortho intramolecular Hbond substituents is 1. The fourth-order valence-corrected chi connectivity index (χ4v) is 4.38. The summed E-state index contributed by atoms with van der Waals surface area (Å²) < 4.78 is 14.8. The summed E-state index contributed by atoms with van der Waals surface area (Å²) in [6.07, 6.45) is 6.65. The third kappa shape index (κ3) is 2.84. The first-order valence-electron chi connectivity index (χ1n) is 9.50. The van der Waals surface area contributed by atoms with Gasteiger partial charge < -0.3 is 15.3 Å². The van der Waals surface area contributed by atoms with Gasteiger partial charge in [-0.2, -0.15) is 0 Å². The van der Waals surface area contributed by atoms with E-state index in [9.17, 15) is 9.50 Å². The molecule has 144 valence electrons. The van der Waals surface area contributed by atoms with Gasteiger partial charge in [-0.15, -0.1) is 10.2 Å². The lowest BCUT2D eigenvalue weighted by molar-refractivity contribution is 0.175. The largest absolute Gasteiger partial charge is 0.507 e. The first kappa shape index (κ1) is 17.2. The van der Waals surface area contributed by atoms with Gasteiger partial charge in [-0.3, -0.25) is 4.98 Å². The number of nitrogens with zero attached hydrogens (tertiary/aromatic N) is 5. The molecule has 4 heterocycles. The van der Waals surface area contributed by atoms with Crippen molar-refractivity contribution in [2.24, 2.45) is 0 Å². The number of hydrogen-bond donors (Lipinski definition) is 2. The second-order valence-corrected chi connectivity index (χ2v) is 7.64. The monoisotopic (exact) mass is 380 g/mol. The van der Waals surface area contributed by atoms with Gasteiger partial charge in [0, 0.05) is 42.5 Å². The summed E-state index contributed by atoms with van der Waals surface area (Å²) >= 11 is 0. The van der Waals surface area contributed by atoms with E-state index in [2.05, 4.69) is 25.5 Å². The number of nitrogens with one attached hydrogen (secondary N) is 1. The molecule has 28 heavy (non-hydrogen) atoms. The van der Waals surface area contributed by atoms with Crippen molar-refractivity contribution in [2.75, 3.05) is 11.9 Å². The molecule has 4 atom stereocenters. The van der Waals surface area contributed by atoms with Crippen LogP contribution in [0.2, 0.25) is 0 Å². The van der Waals surface area contributed by atoms with E-state index in [1.54, 1.807) is 29.6 Å². The van der Waals surface area contributed by atoms with E-state index in [1.165, 1.54) is 0 Å². The Morgan fingerprint density at radius 3 is 2.89 bits per heavy atom. The van der Waals surface area contributed by atoms with Gasteiger partial charge >= 0.3 is 0 Å². The summed E-state index contributed by atoms with van der Waals surface area (Å²) in [5.74, 6) is 0.495. The number of aromatic hydroxyl groups is 1. The van der Waals surface area contributed by atoms with Gasteiger partial charge in [-0.25, -0.2) is 9.37 Å². The molecule has 0 saturated carbocycles. The van der Waals surface area contributed by atoms with Crippen molar-refractivity contribution in [1.82, 2.24) is 25.5 Å². The van der Waals surface area contributed by atoms with Crippen LogP contribution in [0.15, 0.2) is 36.8 Å². The zero-order valence-electron chi connectivity index (χ0n) is 15.5. The predicted octanol–water partition coefficient (Wildman–Crippen LogP) is 2.46. The third-order valence-electron chi connectivity index (χ3n) is 5.95. The Labute approximate surface area is 161 Å². The summed E-state index contributed by atoms with van der Waals surface area (Å²) in [6, 6.07) is 5.34. The molecule has 1 aromatic carbocycles. The molecule has 0 unspecified atom stereocenters. The van der Waals surface area contributed by atoms with Gasteiger partial charge in [0.25, 0.3) is 0 Å². The molecule has 2 saturated heterocycles. The molecule has 0 spiro atoms. The summed E-state index contributed by atoms with van der Waals surface area (Å²) in [6.45, 7) is 0. The number of anilines is 1. The molecule has 0 amide bonds. The van der Waals surface area contributed by atoms with Crippen LogP contribution in [0.1, 0.15) is 19.3 Å². The molecule has 0 aliphatic carbocycles. The number of alkyl halides is 1. The minimum atomic E-state index is -0.955. The van der Waals surface area contributed by atoms with Crippen molar-refractivity contribution in [1.29, 1.82) is 0 Å². The van der Waals surface area contributed by atoms with Crippen molar-refractivity contribution in [2.45, 2.75) is 43.6 Å². The maximum Gasteiger partial charge on any atom is 0.245 e. The number of fused-ring (bicyclic) bond motifs is 3. The molecule has 2 aliphatic heterocycles. The molecule has 2 fully saturated rings. The maximum absolute atomic E-state index is 14.8. The smallest absolute Gasteiger partial charge is 0.245 e. The minimum absolute atomic E-state index is 0.0819. The van der Waals surface area contributed by atoms with Crippen molar-refractivity contribution in [3.05, 3.63) is 36.8 Å². The molecule has 2 N–H and O–H groups in total. The fourth-order valence-electron chi connectivity index (χ4n) is 4.38. The number of piperidine rings is 1. The SMILES string of the molecule is CN(c1ncc(-c2cc3cnccc3cc2O)nn1)[C@H]1C[C@@H]2CC[C@@H](N2)[C@H]1F. The van der Waals surface area contributed by atoms with E-state index < -0.39 is 6.17 Å². The second-order valence-electron chi connectivity index (χ2n) is 7.64. The highest BCUT2D eigenvalue weighted by molar-refractivity contribution is 5.89. The van der Waals surface area contributed by atoms with Gasteiger partial charge in [0.15, 0.2) is 0 Å². The lowest BCUT2D eigenvalue weighted by Gasteiger charge is -2.38. The highest BCUT2D eigenvalue weighted by Crippen LogP contribution is 2.34. The fraction of sp³-hybridized carbons (Fsp3) is 0.400. The molecule has 2 bridgehead atoms. The molecule has 8 heteroatoms. The number of aromatic nitrogens is 4. The number of phenols is 1. The van der Waals surface area contributed by atoms with Gasteiger partial charge in [0.05, 0.1) is 12.2 Å². The van der Waals surface area contributed by atoms with E-state index in [0.717, 1.165) is 30.0 Å². The van der Waals surface area contributed by atoms with Crippen LogP contribution >= 0.6 is 0 Å². The Kier molecular flexibility index (Phi) is 4.08. The Morgan fingerprint density at radius 1 is 1.18 bits per heavy atom. The lowest BCUT2D eigenvalue weighted by Crippen LogP contribution is -2.55. The van der Waals surface area contributed by atoms with Crippen LogP contribution in [-0.2, 0) is 0 Å². The van der Waals surface area contributed by atoms with Crippen molar-refractivity contribution in [3.8, 4) is 17.0 Å². The normalized spacial score (nSPS) is 26.5. The van der Waals surface area contributed by atoms with Gasteiger partial charge in [0.1, 0.15) is 17.6 Å². The molecule has 0 radical (unpaired) electrons. The average molecular weight is 380 g/mol. The van der Waals surface area contributed by atoms with Crippen LogP contribution in [-0.4, -0.2) is 56.6 Å². The quantitative estimate of drug-likeness (QED) is 0.722. The molecule has 5 rings (SSSR count). The minimum Gasteiger partial charge on any atom is -0.507 e. The average Bonchev–Trinajstić information content (AvgIpc) is 3.13. The van der Waals surface area contributed by atoms with E-state index in [0.29, 0.717) is 23.2 Å². The molecule has 7 nitrogen and oxygen atoms in total. The van der Waals surface area contributed by atoms with Crippen LogP contribution in [0.3, 0.4) is 0 Å². The number of halogens is 1. The van der Waals surface area contributed by atoms with Crippen LogP contribution in [0.25, 0.3) is 22.0 Å². The Balaban J connectivity index is 1.42. The zero-order valence-corrected chi connectivity index (χ0v) is 15.5. The second kappa shape index (κ2) is 6.63. The van der Waals surface area contributed by atoms with E-state index in [4.69, 9.17) is 0 Å².